The number of rotatable bonds is 7. The van der Waals surface area contributed by atoms with E-state index in [0.717, 1.165) is 24.2 Å². The van der Waals surface area contributed by atoms with Crippen LogP contribution in [0.3, 0.4) is 0 Å². The fourth-order valence-corrected chi connectivity index (χ4v) is 4.13. The Balaban J connectivity index is 1.39. The predicted molar refractivity (Wildman–Crippen MR) is 101 cm³/mol. The van der Waals surface area contributed by atoms with Crippen LogP contribution in [0.4, 0.5) is 0 Å². The summed E-state index contributed by atoms with van der Waals surface area (Å²) >= 11 is 1.50. The molecule has 0 bridgehead atoms. The number of methoxy groups -OCH3 is 1. The molecule has 0 spiro atoms. The molecule has 1 aromatic heterocycles. The minimum absolute atomic E-state index is 0.246. The van der Waals surface area contributed by atoms with Crippen molar-refractivity contribution >= 4 is 23.2 Å². The minimum atomic E-state index is -0.408. The first kappa shape index (κ1) is 18.5. The van der Waals surface area contributed by atoms with Gasteiger partial charge in [0.15, 0.2) is 6.61 Å². The second-order valence-electron chi connectivity index (χ2n) is 6.29. The Bertz CT molecular complexity index is 743. The second-order valence-corrected chi connectivity index (χ2v) is 7.43. The van der Waals surface area contributed by atoms with Crippen LogP contribution in [0.5, 0.6) is 5.75 Å². The number of thiophene rings is 1. The summed E-state index contributed by atoms with van der Waals surface area (Å²) in [4.78, 5) is 25.9. The monoisotopic (exact) mass is 373 g/mol. The number of hydrogen-bond acceptors (Lipinski definition) is 5. The third-order valence-electron chi connectivity index (χ3n) is 4.43. The largest absolute Gasteiger partial charge is 0.497 e. The fraction of sp³-hybridized carbons (Fsp3) is 0.400. The zero-order chi connectivity index (χ0) is 18.4. The summed E-state index contributed by atoms with van der Waals surface area (Å²) in [6.07, 6.45) is 5.14. The normalized spacial score (nSPS) is 13.0. The van der Waals surface area contributed by atoms with Crippen molar-refractivity contribution in [2.45, 2.75) is 32.1 Å². The van der Waals surface area contributed by atoms with Crippen molar-refractivity contribution in [1.82, 2.24) is 5.32 Å². The molecule has 1 aliphatic carbocycles. The molecule has 3 rings (SSSR count). The molecule has 0 fully saturated rings. The third-order valence-corrected chi connectivity index (χ3v) is 5.64. The third kappa shape index (κ3) is 4.85. The van der Waals surface area contributed by atoms with Gasteiger partial charge < -0.3 is 14.8 Å². The topological polar surface area (TPSA) is 64.6 Å². The summed E-state index contributed by atoms with van der Waals surface area (Å²) in [6.45, 7) is 0.250. The predicted octanol–water partition coefficient (Wildman–Crippen LogP) is 3.15. The van der Waals surface area contributed by atoms with Crippen molar-refractivity contribution in [2.75, 3.05) is 20.3 Å². The van der Waals surface area contributed by atoms with Crippen molar-refractivity contribution in [2.24, 2.45) is 0 Å². The molecule has 0 unspecified atom stereocenters. The smallest absolute Gasteiger partial charge is 0.348 e. The van der Waals surface area contributed by atoms with Crippen LogP contribution >= 0.6 is 11.3 Å². The van der Waals surface area contributed by atoms with Crippen molar-refractivity contribution in [1.29, 1.82) is 0 Å². The van der Waals surface area contributed by atoms with Crippen LogP contribution in [-0.4, -0.2) is 32.1 Å². The van der Waals surface area contributed by atoms with Gasteiger partial charge in [-0.1, -0.05) is 12.1 Å². The van der Waals surface area contributed by atoms with E-state index in [9.17, 15) is 9.59 Å². The summed E-state index contributed by atoms with van der Waals surface area (Å²) in [6, 6.07) is 9.62. The maximum absolute atomic E-state index is 12.1. The van der Waals surface area contributed by atoms with E-state index in [4.69, 9.17) is 9.47 Å². The first-order valence-corrected chi connectivity index (χ1v) is 9.65. The zero-order valence-electron chi connectivity index (χ0n) is 14.9. The van der Waals surface area contributed by atoms with Crippen molar-refractivity contribution in [3.63, 3.8) is 0 Å². The van der Waals surface area contributed by atoms with Gasteiger partial charge in [-0.05, 0) is 61.4 Å². The molecule has 6 heteroatoms. The Morgan fingerprint density at radius 2 is 1.92 bits per heavy atom. The summed E-state index contributed by atoms with van der Waals surface area (Å²) in [5.41, 5.74) is 2.37. The number of hydrogen-bond donors (Lipinski definition) is 1. The molecular formula is C20H23NO4S. The summed E-state index contributed by atoms with van der Waals surface area (Å²) in [5, 5.41) is 2.77. The lowest BCUT2D eigenvalue weighted by atomic mass is 9.99. The van der Waals surface area contributed by atoms with E-state index in [1.807, 2.05) is 30.3 Å². The summed E-state index contributed by atoms with van der Waals surface area (Å²) < 4.78 is 10.3. The molecule has 0 radical (unpaired) electrons. The number of esters is 1. The quantitative estimate of drug-likeness (QED) is 0.757. The molecule has 0 saturated carbocycles. The minimum Gasteiger partial charge on any atom is -0.497 e. The molecule has 0 atom stereocenters. The number of benzene rings is 1. The van der Waals surface area contributed by atoms with Gasteiger partial charge in [0.1, 0.15) is 10.6 Å². The van der Waals surface area contributed by atoms with Crippen molar-refractivity contribution < 1.29 is 19.1 Å². The van der Waals surface area contributed by atoms with Gasteiger partial charge in [0.25, 0.3) is 5.91 Å². The number of ether oxygens (including phenoxy) is 2. The van der Waals surface area contributed by atoms with Crippen LogP contribution in [0.2, 0.25) is 0 Å². The molecule has 1 N–H and O–H groups in total. The molecule has 0 aliphatic heterocycles. The molecule has 1 aromatic carbocycles. The summed E-state index contributed by atoms with van der Waals surface area (Å²) in [5.74, 6) is 0.114. The Morgan fingerprint density at radius 1 is 1.15 bits per heavy atom. The van der Waals surface area contributed by atoms with E-state index >= 15 is 0 Å². The van der Waals surface area contributed by atoms with Crippen LogP contribution in [0.15, 0.2) is 30.3 Å². The highest BCUT2D eigenvalue weighted by atomic mass is 32.1. The van der Waals surface area contributed by atoms with E-state index in [-0.39, 0.29) is 12.5 Å². The van der Waals surface area contributed by atoms with Crippen molar-refractivity contribution in [3.8, 4) is 5.75 Å². The fourth-order valence-electron chi connectivity index (χ4n) is 2.98. The molecule has 1 amide bonds. The van der Waals surface area contributed by atoms with E-state index in [0.29, 0.717) is 17.8 Å². The van der Waals surface area contributed by atoms with Gasteiger partial charge in [0.05, 0.1) is 7.11 Å². The van der Waals surface area contributed by atoms with Crippen LogP contribution in [0.25, 0.3) is 0 Å². The Kier molecular flexibility index (Phi) is 6.28. The van der Waals surface area contributed by atoms with Gasteiger partial charge in [-0.2, -0.15) is 0 Å². The number of fused-ring (bicyclic) bond motifs is 1. The first-order chi connectivity index (χ1) is 12.7. The summed E-state index contributed by atoms with van der Waals surface area (Å²) in [7, 11) is 1.63. The highest BCUT2D eigenvalue weighted by Gasteiger charge is 2.18. The Morgan fingerprint density at radius 3 is 2.65 bits per heavy atom. The standard InChI is InChI=1S/C20H23NO4S/c1-24-16-8-6-14(7-9-16)10-11-21-19(22)13-25-20(23)18-12-15-4-2-3-5-17(15)26-18/h6-9,12H,2-5,10-11,13H2,1H3,(H,21,22). The van der Waals surface area contributed by atoms with E-state index < -0.39 is 5.97 Å². The number of carbonyl (C=O) groups excluding carboxylic acids is 2. The number of carbonyl (C=O) groups is 2. The van der Waals surface area contributed by atoms with Gasteiger partial charge in [-0.3, -0.25) is 4.79 Å². The molecule has 5 nitrogen and oxygen atoms in total. The average Bonchev–Trinajstić information content (AvgIpc) is 3.11. The van der Waals surface area contributed by atoms with Gasteiger partial charge >= 0.3 is 5.97 Å². The van der Waals surface area contributed by atoms with Crippen LogP contribution < -0.4 is 10.1 Å². The number of amides is 1. The SMILES string of the molecule is COc1ccc(CCNC(=O)COC(=O)c2cc3c(s2)CCCC3)cc1. The van der Waals surface area contributed by atoms with Gasteiger partial charge in [-0.25, -0.2) is 4.79 Å². The molecule has 26 heavy (non-hydrogen) atoms. The second kappa shape index (κ2) is 8.85. The highest BCUT2D eigenvalue weighted by Crippen LogP contribution is 2.29. The Hall–Kier alpha value is -2.34. The molecule has 2 aromatic rings. The van der Waals surface area contributed by atoms with E-state index in [2.05, 4.69) is 5.32 Å². The van der Waals surface area contributed by atoms with E-state index in [1.165, 1.54) is 34.6 Å². The Labute approximate surface area is 157 Å². The molecule has 1 heterocycles. The highest BCUT2D eigenvalue weighted by molar-refractivity contribution is 7.14. The van der Waals surface area contributed by atoms with Crippen LogP contribution in [-0.2, 0) is 28.8 Å². The molecule has 1 aliphatic rings. The molecule has 138 valence electrons. The number of nitrogens with one attached hydrogen (secondary N) is 1. The van der Waals surface area contributed by atoms with Gasteiger partial charge in [-0.15, -0.1) is 11.3 Å². The lowest BCUT2D eigenvalue weighted by molar-refractivity contribution is -0.124. The van der Waals surface area contributed by atoms with Gasteiger partial charge in [0, 0.05) is 11.4 Å². The van der Waals surface area contributed by atoms with Crippen molar-refractivity contribution in [3.05, 3.63) is 51.2 Å². The zero-order valence-corrected chi connectivity index (χ0v) is 15.7. The maximum Gasteiger partial charge on any atom is 0.348 e. The maximum atomic E-state index is 12.1. The molecular weight excluding hydrogens is 350 g/mol. The first-order valence-electron chi connectivity index (χ1n) is 8.84. The van der Waals surface area contributed by atoms with E-state index in [1.54, 1.807) is 7.11 Å². The molecule has 0 saturated heterocycles. The van der Waals surface area contributed by atoms with Crippen LogP contribution in [0.1, 0.15) is 38.5 Å². The van der Waals surface area contributed by atoms with Gasteiger partial charge in [0.2, 0.25) is 0 Å². The van der Waals surface area contributed by atoms with Crippen LogP contribution in [0, 0.1) is 0 Å². The lowest BCUT2D eigenvalue weighted by Gasteiger charge is -2.08. The average molecular weight is 373 g/mol. The number of aryl methyl sites for hydroxylation is 2. The lowest BCUT2D eigenvalue weighted by Crippen LogP contribution is -2.30.